The third kappa shape index (κ3) is 4.24. The third-order valence-corrected chi connectivity index (χ3v) is 6.77. The Morgan fingerprint density at radius 2 is 1.53 bits per heavy atom. The van der Waals surface area contributed by atoms with Gasteiger partial charge in [0.25, 0.3) is 0 Å². The number of carbonyl (C=O) groups excluding carboxylic acids is 2. The number of rotatable bonds is 7. The molecule has 4 aromatic rings. The number of hydrogen-bond acceptors (Lipinski definition) is 5. The van der Waals surface area contributed by atoms with Gasteiger partial charge in [0.15, 0.2) is 11.6 Å². The van der Waals surface area contributed by atoms with Gasteiger partial charge in [-0.2, -0.15) is 0 Å². The van der Waals surface area contributed by atoms with Crippen molar-refractivity contribution in [3.8, 4) is 11.5 Å². The number of anilines is 2. The first-order valence-corrected chi connectivity index (χ1v) is 11.9. The van der Waals surface area contributed by atoms with Crippen molar-refractivity contribution in [1.82, 2.24) is 0 Å². The van der Waals surface area contributed by atoms with Gasteiger partial charge in [-0.25, -0.2) is 8.78 Å². The summed E-state index contributed by atoms with van der Waals surface area (Å²) < 4.78 is 39.5. The Labute approximate surface area is 218 Å². The molecule has 0 fully saturated rings. The van der Waals surface area contributed by atoms with E-state index in [9.17, 15) is 18.4 Å². The lowest BCUT2D eigenvalue weighted by atomic mass is 9.70. The van der Waals surface area contributed by atoms with Gasteiger partial charge in [0.1, 0.15) is 16.9 Å². The third-order valence-electron chi connectivity index (χ3n) is 6.77. The van der Waals surface area contributed by atoms with Gasteiger partial charge in [0, 0.05) is 11.3 Å². The van der Waals surface area contributed by atoms with Crippen molar-refractivity contribution in [3.63, 3.8) is 0 Å². The van der Waals surface area contributed by atoms with E-state index in [-0.39, 0.29) is 23.4 Å². The molecule has 0 radical (unpaired) electrons. The summed E-state index contributed by atoms with van der Waals surface area (Å²) in [6.07, 6.45) is 0.565. The molecule has 0 saturated heterocycles. The summed E-state index contributed by atoms with van der Waals surface area (Å²) in [5, 5.41) is 2.53. The van der Waals surface area contributed by atoms with Gasteiger partial charge >= 0.3 is 5.97 Å². The fraction of sp³-hybridized carbons (Fsp3) is 0.133. The second-order valence-electron chi connectivity index (χ2n) is 8.91. The number of methoxy groups -OCH3 is 1. The maximum Gasteiger partial charge on any atom is 0.311 e. The molecule has 0 spiro atoms. The number of para-hydroxylation sites is 1. The molecule has 1 heterocycles. The van der Waals surface area contributed by atoms with E-state index in [0.29, 0.717) is 29.0 Å². The molecule has 4 aromatic carbocycles. The summed E-state index contributed by atoms with van der Waals surface area (Å²) in [7, 11) is 1.52. The highest BCUT2D eigenvalue weighted by Gasteiger charge is 2.51. The lowest BCUT2D eigenvalue weighted by Crippen LogP contribution is -2.37. The number of carbonyl (C=O) groups is 2. The number of aryl methyl sites for hydroxylation is 1. The van der Waals surface area contributed by atoms with Crippen molar-refractivity contribution in [1.29, 1.82) is 0 Å². The summed E-state index contributed by atoms with van der Waals surface area (Å²) in [5.74, 6) is -2.30. The van der Waals surface area contributed by atoms with Crippen molar-refractivity contribution >= 4 is 23.3 Å². The molecule has 1 aliphatic heterocycles. The quantitative estimate of drug-likeness (QED) is 0.196. The molecule has 1 atom stereocenters. The maximum atomic E-state index is 14.7. The lowest BCUT2D eigenvalue weighted by Gasteiger charge is -2.29. The number of nitrogens with two attached hydrogens (primary N) is 1. The molecular formula is C30H24F2N2O4. The zero-order valence-electron chi connectivity index (χ0n) is 20.5. The number of halogens is 2. The SMILES string of the molecule is COc1ccc(C2(c3ccc(OC(=O)CCc4ccccc4N)cc3)C(=O)Nc3c2ccc(F)c3F)cc1. The van der Waals surface area contributed by atoms with Crippen LogP contribution in [0.5, 0.6) is 11.5 Å². The van der Waals surface area contributed by atoms with E-state index in [0.717, 1.165) is 11.6 Å². The second kappa shape index (κ2) is 9.97. The van der Waals surface area contributed by atoms with Crippen LogP contribution < -0.4 is 20.5 Å². The minimum absolute atomic E-state index is 0.131. The van der Waals surface area contributed by atoms with Gasteiger partial charge in [-0.1, -0.05) is 48.5 Å². The van der Waals surface area contributed by atoms with Crippen molar-refractivity contribution in [3.05, 3.63) is 119 Å². The fourth-order valence-electron chi connectivity index (χ4n) is 4.85. The number of hydrogen-bond donors (Lipinski definition) is 2. The minimum atomic E-state index is -1.47. The summed E-state index contributed by atoms with van der Waals surface area (Å²) in [5.41, 5.74) is 7.03. The standard InChI is InChI=1S/C30H24F2N2O4/c1-37-21-11-7-19(8-12-21)30(23-15-16-24(31)27(32)28(23)34-29(30)36)20-9-13-22(14-10-20)38-26(35)17-6-18-4-2-3-5-25(18)33/h2-5,7-16H,6,17,33H2,1H3,(H,34,36). The average molecular weight is 515 g/mol. The number of fused-ring (bicyclic) bond motifs is 1. The van der Waals surface area contributed by atoms with E-state index in [1.54, 1.807) is 54.6 Å². The normalized spacial score (nSPS) is 16.0. The highest BCUT2D eigenvalue weighted by Crippen LogP contribution is 2.49. The predicted octanol–water partition coefficient (Wildman–Crippen LogP) is 5.38. The van der Waals surface area contributed by atoms with Gasteiger partial charge in [-0.15, -0.1) is 0 Å². The van der Waals surface area contributed by atoms with Crippen LogP contribution in [-0.4, -0.2) is 19.0 Å². The zero-order valence-corrected chi connectivity index (χ0v) is 20.5. The Morgan fingerprint density at radius 3 is 2.16 bits per heavy atom. The van der Waals surface area contributed by atoms with E-state index in [1.807, 2.05) is 18.2 Å². The van der Waals surface area contributed by atoms with Crippen LogP contribution in [0.15, 0.2) is 84.9 Å². The molecule has 38 heavy (non-hydrogen) atoms. The smallest absolute Gasteiger partial charge is 0.311 e. The Morgan fingerprint density at radius 1 is 0.895 bits per heavy atom. The maximum absolute atomic E-state index is 14.7. The van der Waals surface area contributed by atoms with Crippen LogP contribution >= 0.6 is 0 Å². The molecule has 8 heteroatoms. The second-order valence-corrected chi connectivity index (χ2v) is 8.91. The molecule has 3 N–H and O–H groups in total. The molecular weight excluding hydrogens is 490 g/mol. The molecule has 6 nitrogen and oxygen atoms in total. The molecule has 0 bridgehead atoms. The Balaban J connectivity index is 1.47. The highest BCUT2D eigenvalue weighted by molar-refractivity contribution is 6.11. The number of esters is 1. The minimum Gasteiger partial charge on any atom is -0.497 e. The van der Waals surface area contributed by atoms with E-state index in [4.69, 9.17) is 15.2 Å². The molecule has 1 unspecified atom stereocenters. The van der Waals surface area contributed by atoms with Crippen LogP contribution in [0.2, 0.25) is 0 Å². The average Bonchev–Trinajstić information content (AvgIpc) is 3.24. The van der Waals surface area contributed by atoms with Gasteiger partial charge in [0.2, 0.25) is 5.91 Å². The van der Waals surface area contributed by atoms with Crippen LogP contribution in [0.4, 0.5) is 20.2 Å². The van der Waals surface area contributed by atoms with E-state index < -0.39 is 28.9 Å². The van der Waals surface area contributed by atoms with E-state index >= 15 is 0 Å². The Bertz CT molecular complexity index is 1520. The van der Waals surface area contributed by atoms with Crippen LogP contribution in [-0.2, 0) is 21.4 Å². The van der Waals surface area contributed by atoms with Gasteiger partial charge in [0.05, 0.1) is 19.2 Å². The molecule has 5 rings (SSSR count). The number of benzene rings is 4. The summed E-state index contributed by atoms with van der Waals surface area (Å²) in [6.45, 7) is 0. The summed E-state index contributed by atoms with van der Waals surface area (Å²) in [4.78, 5) is 26.0. The number of nitrogen functional groups attached to an aromatic ring is 1. The van der Waals surface area contributed by atoms with Crippen molar-refractivity contribution in [2.45, 2.75) is 18.3 Å². The molecule has 192 valence electrons. The van der Waals surface area contributed by atoms with Crippen molar-refractivity contribution < 1.29 is 27.8 Å². The summed E-state index contributed by atoms with van der Waals surface area (Å²) >= 11 is 0. The van der Waals surface area contributed by atoms with Crippen LogP contribution in [0.1, 0.15) is 28.7 Å². The highest BCUT2D eigenvalue weighted by atomic mass is 19.2. The fourth-order valence-corrected chi connectivity index (χ4v) is 4.85. The van der Waals surface area contributed by atoms with Crippen molar-refractivity contribution in [2.75, 3.05) is 18.2 Å². The lowest BCUT2D eigenvalue weighted by molar-refractivity contribution is -0.134. The molecule has 1 aliphatic rings. The summed E-state index contributed by atoms with van der Waals surface area (Å²) in [6, 6.07) is 22.9. The first-order chi connectivity index (χ1) is 18.3. The first kappa shape index (κ1) is 25.0. The largest absolute Gasteiger partial charge is 0.497 e. The van der Waals surface area contributed by atoms with Crippen LogP contribution in [0, 0.1) is 11.6 Å². The Kier molecular flexibility index (Phi) is 6.55. The van der Waals surface area contributed by atoms with Gasteiger partial charge < -0.3 is 20.5 Å². The first-order valence-electron chi connectivity index (χ1n) is 11.9. The van der Waals surface area contributed by atoms with E-state index in [2.05, 4.69) is 5.32 Å². The van der Waals surface area contributed by atoms with Crippen molar-refractivity contribution in [2.24, 2.45) is 0 Å². The topological polar surface area (TPSA) is 90.7 Å². The van der Waals surface area contributed by atoms with Crippen LogP contribution in [0.25, 0.3) is 0 Å². The predicted molar refractivity (Wildman–Crippen MR) is 139 cm³/mol. The number of nitrogens with one attached hydrogen (secondary N) is 1. The zero-order chi connectivity index (χ0) is 26.9. The molecule has 0 aliphatic carbocycles. The molecule has 0 saturated carbocycles. The monoisotopic (exact) mass is 514 g/mol. The number of amides is 1. The Hall–Kier alpha value is -4.72. The van der Waals surface area contributed by atoms with Crippen LogP contribution in [0.3, 0.4) is 0 Å². The van der Waals surface area contributed by atoms with Gasteiger partial charge in [-0.3, -0.25) is 9.59 Å². The number of ether oxygens (including phenoxy) is 2. The van der Waals surface area contributed by atoms with E-state index in [1.165, 1.54) is 13.2 Å². The molecule has 0 aromatic heterocycles. The van der Waals surface area contributed by atoms with Gasteiger partial charge in [-0.05, 0) is 59.5 Å². The molecule has 1 amide bonds.